The Morgan fingerprint density at radius 2 is 1.77 bits per heavy atom. The molecule has 2 aromatic heterocycles. The standard InChI is InChI=1S/C25H24N4O/c1-15(2)16-8-10-17(11-9-16)18-12-20-22(21(30)13-18)23(26)24-25(28-20)29(14-27-24)19-6-4-3-5-7-19/h3-11,14-15,18H,12-13H2,1-2H3,(H2,26,28)/t18-/m0/s1. The first-order valence-electron chi connectivity index (χ1n) is 10.4. The molecule has 150 valence electrons. The summed E-state index contributed by atoms with van der Waals surface area (Å²) in [6.07, 6.45) is 2.87. The predicted molar refractivity (Wildman–Crippen MR) is 119 cm³/mol. The third-order valence-corrected chi connectivity index (χ3v) is 6.06. The van der Waals surface area contributed by atoms with Crippen LogP contribution in [0, 0.1) is 0 Å². The average molecular weight is 396 g/mol. The van der Waals surface area contributed by atoms with Crippen molar-refractivity contribution < 1.29 is 4.79 Å². The Balaban J connectivity index is 1.58. The molecule has 0 unspecified atom stereocenters. The molecule has 0 spiro atoms. The minimum atomic E-state index is 0.0512. The first-order chi connectivity index (χ1) is 14.5. The van der Waals surface area contributed by atoms with Crippen LogP contribution in [0.2, 0.25) is 0 Å². The maximum Gasteiger partial charge on any atom is 0.167 e. The number of nitrogen functional groups attached to an aromatic ring is 1. The molecule has 5 rings (SSSR count). The van der Waals surface area contributed by atoms with E-state index in [9.17, 15) is 4.79 Å². The first kappa shape index (κ1) is 18.6. The van der Waals surface area contributed by atoms with Crippen molar-refractivity contribution in [3.05, 3.63) is 83.3 Å². The van der Waals surface area contributed by atoms with Crippen LogP contribution >= 0.6 is 0 Å². The van der Waals surface area contributed by atoms with Crippen molar-refractivity contribution in [1.29, 1.82) is 0 Å². The lowest BCUT2D eigenvalue weighted by Gasteiger charge is -2.25. The van der Waals surface area contributed by atoms with E-state index < -0.39 is 0 Å². The second-order valence-corrected chi connectivity index (χ2v) is 8.32. The number of carbonyl (C=O) groups excluding carboxylic acids is 1. The van der Waals surface area contributed by atoms with Gasteiger partial charge in [0.25, 0.3) is 0 Å². The quantitative estimate of drug-likeness (QED) is 0.526. The van der Waals surface area contributed by atoms with Gasteiger partial charge in [-0.15, -0.1) is 0 Å². The molecule has 1 aliphatic rings. The molecule has 1 atom stereocenters. The number of fused-ring (bicyclic) bond motifs is 2. The Labute approximate surface area is 175 Å². The Kier molecular flexibility index (Phi) is 4.39. The summed E-state index contributed by atoms with van der Waals surface area (Å²) in [5.74, 6) is 0.653. The van der Waals surface area contributed by atoms with Gasteiger partial charge in [0.15, 0.2) is 11.4 Å². The summed E-state index contributed by atoms with van der Waals surface area (Å²) in [5, 5.41) is 0. The summed E-state index contributed by atoms with van der Waals surface area (Å²) >= 11 is 0. The van der Waals surface area contributed by atoms with Crippen molar-refractivity contribution in [2.45, 2.75) is 38.5 Å². The molecule has 1 aliphatic carbocycles. The highest BCUT2D eigenvalue weighted by Crippen LogP contribution is 2.37. The fourth-order valence-electron chi connectivity index (χ4n) is 4.35. The van der Waals surface area contributed by atoms with Crippen molar-refractivity contribution >= 4 is 22.6 Å². The summed E-state index contributed by atoms with van der Waals surface area (Å²) in [6, 6.07) is 18.5. The lowest BCUT2D eigenvalue weighted by atomic mass is 9.80. The molecule has 5 nitrogen and oxygen atoms in total. The molecule has 30 heavy (non-hydrogen) atoms. The number of para-hydroxylation sites is 1. The van der Waals surface area contributed by atoms with Crippen molar-refractivity contribution in [2.75, 3.05) is 5.73 Å². The number of hydrogen-bond donors (Lipinski definition) is 1. The van der Waals surface area contributed by atoms with Gasteiger partial charge in [-0.25, -0.2) is 9.97 Å². The van der Waals surface area contributed by atoms with E-state index in [4.69, 9.17) is 10.7 Å². The van der Waals surface area contributed by atoms with Gasteiger partial charge in [-0.1, -0.05) is 56.3 Å². The van der Waals surface area contributed by atoms with Crippen LogP contribution in [0.25, 0.3) is 16.9 Å². The zero-order chi connectivity index (χ0) is 20.8. The highest BCUT2D eigenvalue weighted by atomic mass is 16.1. The van der Waals surface area contributed by atoms with E-state index in [2.05, 4.69) is 43.1 Å². The topological polar surface area (TPSA) is 73.8 Å². The number of aromatic nitrogens is 3. The number of nitrogens with two attached hydrogens (primary N) is 1. The third kappa shape index (κ3) is 2.98. The molecule has 2 heterocycles. The van der Waals surface area contributed by atoms with Gasteiger partial charge in [-0.05, 0) is 41.5 Å². The van der Waals surface area contributed by atoms with Crippen LogP contribution < -0.4 is 5.73 Å². The zero-order valence-corrected chi connectivity index (χ0v) is 17.2. The van der Waals surface area contributed by atoms with Gasteiger partial charge in [0, 0.05) is 12.1 Å². The monoisotopic (exact) mass is 396 g/mol. The molecule has 0 radical (unpaired) electrons. The van der Waals surface area contributed by atoms with E-state index in [1.54, 1.807) is 6.33 Å². The van der Waals surface area contributed by atoms with Gasteiger partial charge in [-0.2, -0.15) is 0 Å². The molecule has 5 heteroatoms. The van der Waals surface area contributed by atoms with Gasteiger partial charge < -0.3 is 5.73 Å². The lowest BCUT2D eigenvalue weighted by Crippen LogP contribution is -2.22. The summed E-state index contributed by atoms with van der Waals surface area (Å²) < 4.78 is 1.93. The lowest BCUT2D eigenvalue weighted by molar-refractivity contribution is 0.0964. The summed E-state index contributed by atoms with van der Waals surface area (Å²) in [7, 11) is 0. The molecule has 2 aromatic carbocycles. The van der Waals surface area contributed by atoms with Crippen LogP contribution in [-0.4, -0.2) is 20.3 Å². The number of benzene rings is 2. The highest BCUT2D eigenvalue weighted by molar-refractivity contribution is 6.08. The Bertz CT molecular complexity index is 1240. The summed E-state index contributed by atoms with van der Waals surface area (Å²) in [5.41, 5.74) is 12.9. The fourth-order valence-corrected chi connectivity index (χ4v) is 4.35. The number of hydrogen-bond acceptors (Lipinski definition) is 4. The maximum absolute atomic E-state index is 13.0. The van der Waals surface area contributed by atoms with Gasteiger partial charge >= 0.3 is 0 Å². The van der Waals surface area contributed by atoms with Crippen LogP contribution in [-0.2, 0) is 6.42 Å². The highest BCUT2D eigenvalue weighted by Gasteiger charge is 2.31. The van der Waals surface area contributed by atoms with E-state index >= 15 is 0 Å². The Morgan fingerprint density at radius 1 is 1.03 bits per heavy atom. The smallest absolute Gasteiger partial charge is 0.167 e. The molecule has 0 fully saturated rings. The van der Waals surface area contributed by atoms with E-state index in [0.717, 1.165) is 11.4 Å². The van der Waals surface area contributed by atoms with Gasteiger partial charge in [-0.3, -0.25) is 9.36 Å². The van der Waals surface area contributed by atoms with E-state index in [1.165, 1.54) is 11.1 Å². The number of anilines is 1. The molecular weight excluding hydrogens is 372 g/mol. The van der Waals surface area contributed by atoms with Crippen molar-refractivity contribution in [2.24, 2.45) is 0 Å². The third-order valence-electron chi connectivity index (χ3n) is 6.06. The normalized spacial score (nSPS) is 16.2. The minimum Gasteiger partial charge on any atom is -0.396 e. The second kappa shape index (κ2) is 7.10. The van der Waals surface area contributed by atoms with Gasteiger partial charge in [0.05, 0.1) is 16.9 Å². The first-order valence-corrected chi connectivity index (χ1v) is 10.4. The van der Waals surface area contributed by atoms with E-state index in [0.29, 0.717) is 41.2 Å². The van der Waals surface area contributed by atoms with Crippen molar-refractivity contribution in [3.8, 4) is 5.69 Å². The number of pyridine rings is 1. The molecule has 0 aliphatic heterocycles. The molecule has 2 N–H and O–H groups in total. The van der Waals surface area contributed by atoms with Crippen LogP contribution in [0.3, 0.4) is 0 Å². The van der Waals surface area contributed by atoms with Crippen LogP contribution in [0.15, 0.2) is 60.9 Å². The summed E-state index contributed by atoms with van der Waals surface area (Å²) in [4.78, 5) is 22.4. The number of Topliss-reactive ketones (excluding diaryl/α,β-unsaturated/α-hetero) is 1. The molecule has 0 bridgehead atoms. The van der Waals surface area contributed by atoms with E-state index in [-0.39, 0.29) is 11.7 Å². The predicted octanol–water partition coefficient (Wildman–Crippen LogP) is 5.04. The number of imidazole rings is 1. The number of rotatable bonds is 3. The summed E-state index contributed by atoms with van der Waals surface area (Å²) in [6.45, 7) is 4.37. The molecule has 4 aromatic rings. The largest absolute Gasteiger partial charge is 0.396 e. The van der Waals surface area contributed by atoms with Crippen LogP contribution in [0.1, 0.15) is 59.3 Å². The van der Waals surface area contributed by atoms with Crippen LogP contribution in [0.5, 0.6) is 0 Å². The van der Waals surface area contributed by atoms with E-state index in [1.807, 2.05) is 34.9 Å². The number of ketones is 1. The molecule has 0 saturated carbocycles. The van der Waals surface area contributed by atoms with Crippen molar-refractivity contribution in [1.82, 2.24) is 14.5 Å². The Morgan fingerprint density at radius 3 is 2.47 bits per heavy atom. The minimum absolute atomic E-state index is 0.0512. The molecule has 0 amide bonds. The van der Waals surface area contributed by atoms with Gasteiger partial charge in [0.2, 0.25) is 0 Å². The van der Waals surface area contributed by atoms with Crippen molar-refractivity contribution in [3.63, 3.8) is 0 Å². The second-order valence-electron chi connectivity index (χ2n) is 8.32. The fraction of sp³-hybridized carbons (Fsp3) is 0.240. The van der Waals surface area contributed by atoms with Gasteiger partial charge in [0.1, 0.15) is 11.8 Å². The maximum atomic E-state index is 13.0. The molecule has 0 saturated heterocycles. The number of nitrogens with zero attached hydrogens (tertiary/aromatic N) is 3. The van der Waals surface area contributed by atoms with Crippen LogP contribution in [0.4, 0.5) is 5.69 Å². The average Bonchev–Trinajstić information content (AvgIpc) is 3.18. The number of carbonyl (C=O) groups is 1. The SMILES string of the molecule is CC(C)c1ccc([C@@H]2CC(=O)c3c(nc4c(ncn4-c4ccccc4)c3N)C2)cc1. The zero-order valence-electron chi connectivity index (χ0n) is 17.2. The molecular formula is C25H24N4O. The Hall–Kier alpha value is -3.47.